The summed E-state index contributed by atoms with van der Waals surface area (Å²) in [6.45, 7) is 3.62. The molecule has 1 fully saturated rings. The zero-order chi connectivity index (χ0) is 9.19. The number of aliphatic imine (C=N–C) groups is 1. The van der Waals surface area contributed by atoms with E-state index in [1.807, 2.05) is 0 Å². The highest BCUT2D eigenvalue weighted by atomic mass is 19.1. The topological polar surface area (TPSA) is 24.8 Å². The average Bonchev–Trinajstić information content (AvgIpc) is 1.95. The summed E-state index contributed by atoms with van der Waals surface area (Å²) in [5.41, 5.74) is -1.41. The first-order valence-electron chi connectivity index (χ1n) is 3.73. The minimum atomic E-state index is -1.41. The van der Waals surface area contributed by atoms with Crippen LogP contribution < -0.4 is 0 Å². The van der Waals surface area contributed by atoms with E-state index in [2.05, 4.69) is 11.6 Å². The Morgan fingerprint density at radius 2 is 2.25 bits per heavy atom. The number of ether oxygens (including phenoxy) is 1. The summed E-state index contributed by atoms with van der Waals surface area (Å²) in [6.07, 6.45) is 1.34. The average molecular weight is 172 g/mol. The molecule has 1 saturated heterocycles. The van der Waals surface area contributed by atoms with Gasteiger partial charge in [0.15, 0.2) is 0 Å². The quantitative estimate of drug-likeness (QED) is 0.455. The van der Waals surface area contributed by atoms with Gasteiger partial charge in [-0.3, -0.25) is 0 Å². The molecule has 0 amide bonds. The van der Waals surface area contributed by atoms with Crippen LogP contribution in [0.5, 0.6) is 0 Å². The normalized spacial score (nSPS) is 21.4. The van der Waals surface area contributed by atoms with E-state index in [9.17, 15) is 4.39 Å². The van der Waals surface area contributed by atoms with Crippen molar-refractivity contribution in [2.75, 3.05) is 27.3 Å². The predicted molar refractivity (Wildman–Crippen MR) is 46.0 cm³/mol. The van der Waals surface area contributed by atoms with Gasteiger partial charge in [0.25, 0.3) is 0 Å². The fourth-order valence-corrected chi connectivity index (χ4v) is 1.13. The monoisotopic (exact) mass is 172 g/mol. The third-order valence-electron chi connectivity index (χ3n) is 1.70. The van der Waals surface area contributed by atoms with Gasteiger partial charge in [-0.25, -0.2) is 9.38 Å². The molecule has 1 aliphatic heterocycles. The lowest BCUT2D eigenvalue weighted by Gasteiger charge is -2.37. The lowest BCUT2D eigenvalue weighted by atomic mass is 10.0. The molecule has 0 aliphatic carbocycles. The molecular weight excluding hydrogens is 159 g/mol. The maximum atomic E-state index is 13.7. The van der Waals surface area contributed by atoms with Crippen LogP contribution in [0.4, 0.5) is 4.39 Å². The van der Waals surface area contributed by atoms with Crippen LogP contribution in [0.25, 0.3) is 0 Å². The van der Waals surface area contributed by atoms with E-state index in [-0.39, 0.29) is 13.2 Å². The zero-order valence-electron chi connectivity index (χ0n) is 7.38. The maximum Gasteiger partial charge on any atom is 0.213 e. The highest BCUT2D eigenvalue weighted by Crippen LogP contribution is 2.24. The van der Waals surface area contributed by atoms with Gasteiger partial charge in [0.05, 0.1) is 13.2 Å². The van der Waals surface area contributed by atoms with Gasteiger partial charge in [-0.1, -0.05) is 6.58 Å². The summed E-state index contributed by atoms with van der Waals surface area (Å²) in [7, 11) is 3.50. The first-order chi connectivity index (χ1) is 5.60. The molecule has 3 nitrogen and oxygen atoms in total. The zero-order valence-corrected chi connectivity index (χ0v) is 7.38. The van der Waals surface area contributed by atoms with Crippen molar-refractivity contribution >= 4 is 5.84 Å². The lowest BCUT2D eigenvalue weighted by molar-refractivity contribution is -0.0914. The standard InChI is InChI=1S/C8H13FN2O/c1-4-10-7(11(2)3)8(9)5-12-6-8/h4H,1,5-6H2,2-3H3/b10-7-. The molecule has 1 heterocycles. The molecule has 0 aromatic heterocycles. The van der Waals surface area contributed by atoms with Crippen LogP contribution in [0.3, 0.4) is 0 Å². The Bertz CT molecular complexity index is 209. The molecule has 0 atom stereocenters. The van der Waals surface area contributed by atoms with E-state index in [4.69, 9.17) is 4.74 Å². The molecule has 0 saturated carbocycles. The molecule has 68 valence electrons. The van der Waals surface area contributed by atoms with Gasteiger partial charge in [0.2, 0.25) is 5.67 Å². The Labute approximate surface area is 71.5 Å². The highest BCUT2D eigenvalue weighted by molar-refractivity contribution is 5.91. The molecule has 12 heavy (non-hydrogen) atoms. The van der Waals surface area contributed by atoms with Crippen LogP contribution >= 0.6 is 0 Å². The molecule has 0 bridgehead atoms. The second-order valence-corrected chi connectivity index (χ2v) is 2.99. The van der Waals surface area contributed by atoms with Crippen molar-refractivity contribution < 1.29 is 9.13 Å². The lowest BCUT2D eigenvalue weighted by Crippen LogP contribution is -2.56. The Balaban J connectivity index is 2.78. The predicted octanol–water partition coefficient (Wildman–Crippen LogP) is 0.828. The van der Waals surface area contributed by atoms with E-state index in [0.29, 0.717) is 5.84 Å². The number of rotatable bonds is 2. The Morgan fingerprint density at radius 3 is 2.50 bits per heavy atom. The van der Waals surface area contributed by atoms with Crippen molar-refractivity contribution in [3.8, 4) is 0 Å². The van der Waals surface area contributed by atoms with Crippen LogP contribution in [0.1, 0.15) is 0 Å². The number of halogens is 1. The Hall–Kier alpha value is -0.900. The SMILES string of the molecule is C=C/N=C(\N(C)C)C1(F)COC1. The van der Waals surface area contributed by atoms with E-state index in [1.54, 1.807) is 19.0 Å². The van der Waals surface area contributed by atoms with Gasteiger partial charge in [-0.15, -0.1) is 0 Å². The van der Waals surface area contributed by atoms with Crippen molar-refractivity contribution in [1.29, 1.82) is 0 Å². The van der Waals surface area contributed by atoms with E-state index >= 15 is 0 Å². The maximum absolute atomic E-state index is 13.7. The van der Waals surface area contributed by atoms with Crippen LogP contribution in [-0.2, 0) is 4.74 Å². The van der Waals surface area contributed by atoms with Crippen molar-refractivity contribution in [3.05, 3.63) is 12.8 Å². The van der Waals surface area contributed by atoms with Crippen molar-refractivity contribution in [2.45, 2.75) is 5.67 Å². The summed E-state index contributed by atoms with van der Waals surface area (Å²) in [6, 6.07) is 0. The third-order valence-corrected chi connectivity index (χ3v) is 1.70. The molecule has 0 aromatic carbocycles. The number of alkyl halides is 1. The number of hydrogen-bond acceptors (Lipinski definition) is 2. The van der Waals surface area contributed by atoms with Crippen LogP contribution in [-0.4, -0.2) is 43.7 Å². The van der Waals surface area contributed by atoms with Crippen molar-refractivity contribution in [2.24, 2.45) is 4.99 Å². The van der Waals surface area contributed by atoms with Gasteiger partial charge in [0, 0.05) is 20.3 Å². The Morgan fingerprint density at radius 1 is 1.67 bits per heavy atom. The Kier molecular flexibility index (Phi) is 2.47. The van der Waals surface area contributed by atoms with E-state index in [0.717, 1.165) is 0 Å². The second kappa shape index (κ2) is 3.23. The smallest absolute Gasteiger partial charge is 0.213 e. The van der Waals surface area contributed by atoms with Gasteiger partial charge >= 0.3 is 0 Å². The third kappa shape index (κ3) is 1.48. The fourth-order valence-electron chi connectivity index (χ4n) is 1.13. The summed E-state index contributed by atoms with van der Waals surface area (Å²) in [5.74, 6) is 0.378. The number of nitrogens with zero attached hydrogens (tertiary/aromatic N) is 2. The molecule has 4 heteroatoms. The molecule has 0 radical (unpaired) electrons. The summed E-state index contributed by atoms with van der Waals surface area (Å²) < 4.78 is 18.5. The van der Waals surface area contributed by atoms with Crippen LogP contribution in [0.15, 0.2) is 17.8 Å². The molecule has 1 aliphatic rings. The van der Waals surface area contributed by atoms with Gasteiger partial charge in [-0.05, 0) is 0 Å². The highest BCUT2D eigenvalue weighted by Gasteiger charge is 2.45. The molecule has 1 rings (SSSR count). The molecule has 0 unspecified atom stereocenters. The molecule has 0 spiro atoms. The van der Waals surface area contributed by atoms with Gasteiger partial charge < -0.3 is 9.64 Å². The minimum Gasteiger partial charge on any atom is -0.374 e. The molecular formula is C8H13FN2O. The van der Waals surface area contributed by atoms with Crippen LogP contribution in [0.2, 0.25) is 0 Å². The van der Waals surface area contributed by atoms with Crippen molar-refractivity contribution in [3.63, 3.8) is 0 Å². The fraction of sp³-hybridized carbons (Fsp3) is 0.625. The second-order valence-electron chi connectivity index (χ2n) is 2.99. The first-order valence-corrected chi connectivity index (χ1v) is 3.73. The van der Waals surface area contributed by atoms with E-state index in [1.165, 1.54) is 6.20 Å². The molecule has 0 aromatic rings. The summed E-state index contributed by atoms with van der Waals surface area (Å²) >= 11 is 0. The summed E-state index contributed by atoms with van der Waals surface area (Å²) in [4.78, 5) is 5.51. The number of amidine groups is 1. The van der Waals surface area contributed by atoms with Crippen molar-refractivity contribution in [1.82, 2.24) is 4.90 Å². The summed E-state index contributed by atoms with van der Waals surface area (Å²) in [5, 5.41) is 0. The van der Waals surface area contributed by atoms with Crippen LogP contribution in [0, 0.1) is 0 Å². The largest absolute Gasteiger partial charge is 0.374 e. The first kappa shape index (κ1) is 9.19. The van der Waals surface area contributed by atoms with E-state index < -0.39 is 5.67 Å². The van der Waals surface area contributed by atoms with Gasteiger partial charge in [-0.2, -0.15) is 0 Å². The number of hydrogen-bond donors (Lipinski definition) is 0. The minimum absolute atomic E-state index is 0.0951. The van der Waals surface area contributed by atoms with Gasteiger partial charge in [0.1, 0.15) is 5.84 Å². The molecule has 0 N–H and O–H groups in total.